The van der Waals surface area contributed by atoms with Gasteiger partial charge < -0.3 is 5.32 Å². The molecule has 0 spiro atoms. The molecule has 3 rings (SSSR count). The van der Waals surface area contributed by atoms with E-state index in [1.807, 2.05) is 24.4 Å². The minimum absolute atomic E-state index is 0.259. The first kappa shape index (κ1) is 19.5. The third-order valence-corrected chi connectivity index (χ3v) is 5.89. The molecule has 7 heteroatoms. The molecule has 3 nitrogen and oxygen atoms in total. The van der Waals surface area contributed by atoms with E-state index in [9.17, 15) is 13.6 Å². The van der Waals surface area contributed by atoms with Crippen LogP contribution in [-0.4, -0.2) is 10.9 Å². The summed E-state index contributed by atoms with van der Waals surface area (Å²) in [5, 5.41) is 5.87. The molecular weight excluding hydrogens is 386 g/mol. The first-order valence-electron chi connectivity index (χ1n) is 8.32. The van der Waals surface area contributed by atoms with Gasteiger partial charge in [0.1, 0.15) is 0 Å². The van der Waals surface area contributed by atoms with Gasteiger partial charge in [-0.3, -0.25) is 4.79 Å². The molecule has 1 amide bonds. The number of halogens is 2. The van der Waals surface area contributed by atoms with E-state index in [0.29, 0.717) is 16.9 Å². The lowest BCUT2D eigenvalue weighted by molar-refractivity contribution is 0.0937. The minimum Gasteiger partial charge on any atom is -0.345 e. The van der Waals surface area contributed by atoms with Gasteiger partial charge >= 0.3 is 0 Å². The van der Waals surface area contributed by atoms with Crippen LogP contribution in [0.25, 0.3) is 0 Å². The van der Waals surface area contributed by atoms with Crippen LogP contribution in [-0.2, 0) is 5.75 Å². The highest BCUT2D eigenvalue weighted by atomic mass is 32.2. The average molecular weight is 405 g/mol. The van der Waals surface area contributed by atoms with Gasteiger partial charge in [0.15, 0.2) is 11.6 Å². The third kappa shape index (κ3) is 4.93. The summed E-state index contributed by atoms with van der Waals surface area (Å²) in [6.07, 6.45) is 0. The van der Waals surface area contributed by atoms with Crippen LogP contribution in [0.15, 0.2) is 52.7 Å². The predicted octanol–water partition coefficient (Wildman–Crippen LogP) is 5.51. The van der Waals surface area contributed by atoms with Crippen LogP contribution in [0, 0.1) is 18.6 Å². The van der Waals surface area contributed by atoms with E-state index < -0.39 is 17.7 Å². The zero-order valence-electron chi connectivity index (χ0n) is 14.8. The second kappa shape index (κ2) is 8.63. The molecule has 1 unspecified atom stereocenters. The standard InChI is InChI=1S/C20H18F2N2OS2/c1-12(14-7-8-17(21)18(22)9-14)23-20(25)16-5-3-4-6-19(16)27-11-15-10-26-13(2)24-15/h3-10,12H,11H2,1-2H3,(H,23,25). The molecule has 0 saturated carbocycles. The Kier molecular flexibility index (Phi) is 6.23. The maximum absolute atomic E-state index is 13.4. The number of nitrogens with one attached hydrogen (secondary N) is 1. The number of hydrogen-bond donors (Lipinski definition) is 1. The van der Waals surface area contributed by atoms with Crippen LogP contribution in [0.3, 0.4) is 0 Å². The molecule has 1 aromatic heterocycles. The van der Waals surface area contributed by atoms with Gasteiger partial charge in [-0.25, -0.2) is 13.8 Å². The second-order valence-corrected chi connectivity index (χ2v) is 8.09. The summed E-state index contributed by atoms with van der Waals surface area (Å²) in [5.74, 6) is -1.42. The molecular formula is C20H18F2N2OS2. The number of amides is 1. The van der Waals surface area contributed by atoms with Crippen LogP contribution in [0.2, 0.25) is 0 Å². The number of carbonyl (C=O) groups excluding carboxylic acids is 1. The largest absolute Gasteiger partial charge is 0.345 e. The van der Waals surface area contributed by atoms with Crippen molar-refractivity contribution in [2.75, 3.05) is 0 Å². The van der Waals surface area contributed by atoms with E-state index in [1.165, 1.54) is 6.07 Å². The summed E-state index contributed by atoms with van der Waals surface area (Å²) in [6, 6.07) is 10.5. The van der Waals surface area contributed by atoms with Gasteiger partial charge in [0.05, 0.1) is 22.3 Å². The highest BCUT2D eigenvalue weighted by molar-refractivity contribution is 7.98. The molecule has 2 aromatic carbocycles. The lowest BCUT2D eigenvalue weighted by atomic mass is 10.1. The molecule has 1 atom stereocenters. The smallest absolute Gasteiger partial charge is 0.252 e. The number of aromatic nitrogens is 1. The Morgan fingerprint density at radius 2 is 2.00 bits per heavy atom. The van der Waals surface area contributed by atoms with Gasteiger partial charge in [0.2, 0.25) is 0 Å². The van der Waals surface area contributed by atoms with Gasteiger partial charge in [0.25, 0.3) is 5.91 Å². The van der Waals surface area contributed by atoms with Crippen molar-refractivity contribution in [3.05, 3.63) is 81.3 Å². The van der Waals surface area contributed by atoms with Crippen molar-refractivity contribution >= 4 is 29.0 Å². The highest BCUT2D eigenvalue weighted by Crippen LogP contribution is 2.27. The summed E-state index contributed by atoms with van der Waals surface area (Å²) in [5.41, 5.74) is 2.03. The fourth-order valence-electron chi connectivity index (χ4n) is 2.55. The first-order valence-corrected chi connectivity index (χ1v) is 10.2. The molecule has 1 heterocycles. The lowest BCUT2D eigenvalue weighted by Crippen LogP contribution is -2.27. The Morgan fingerprint density at radius 1 is 1.22 bits per heavy atom. The van der Waals surface area contributed by atoms with Crippen molar-refractivity contribution in [1.29, 1.82) is 0 Å². The van der Waals surface area contributed by atoms with Gasteiger partial charge in [-0.1, -0.05) is 18.2 Å². The quantitative estimate of drug-likeness (QED) is 0.551. The maximum atomic E-state index is 13.4. The van der Waals surface area contributed by atoms with Gasteiger partial charge in [0, 0.05) is 16.0 Å². The molecule has 0 fully saturated rings. The Balaban J connectivity index is 1.71. The Hall–Kier alpha value is -2.25. The van der Waals surface area contributed by atoms with Crippen LogP contribution in [0.4, 0.5) is 8.78 Å². The Morgan fingerprint density at radius 3 is 2.70 bits per heavy atom. The van der Waals surface area contributed by atoms with Crippen molar-refractivity contribution in [2.24, 2.45) is 0 Å². The van der Waals surface area contributed by atoms with Crippen molar-refractivity contribution in [3.63, 3.8) is 0 Å². The minimum atomic E-state index is -0.928. The van der Waals surface area contributed by atoms with E-state index in [0.717, 1.165) is 27.7 Å². The van der Waals surface area contributed by atoms with Crippen molar-refractivity contribution in [1.82, 2.24) is 10.3 Å². The predicted molar refractivity (Wildman–Crippen MR) is 105 cm³/mol. The number of rotatable bonds is 6. The summed E-state index contributed by atoms with van der Waals surface area (Å²) in [7, 11) is 0. The topological polar surface area (TPSA) is 42.0 Å². The molecule has 3 aromatic rings. The van der Waals surface area contributed by atoms with Crippen LogP contribution in [0.5, 0.6) is 0 Å². The van der Waals surface area contributed by atoms with E-state index in [1.54, 1.807) is 42.2 Å². The van der Waals surface area contributed by atoms with E-state index in [2.05, 4.69) is 10.3 Å². The second-order valence-electron chi connectivity index (χ2n) is 6.01. The van der Waals surface area contributed by atoms with Crippen molar-refractivity contribution in [3.8, 4) is 0 Å². The molecule has 0 saturated heterocycles. The molecule has 0 aliphatic carbocycles. The monoisotopic (exact) mass is 404 g/mol. The van der Waals surface area contributed by atoms with Gasteiger partial charge in [-0.2, -0.15) is 0 Å². The Bertz CT molecular complexity index is 959. The van der Waals surface area contributed by atoms with Crippen molar-refractivity contribution < 1.29 is 13.6 Å². The molecule has 0 aliphatic heterocycles. The number of nitrogens with zero attached hydrogens (tertiary/aromatic N) is 1. The number of thioether (sulfide) groups is 1. The molecule has 0 aliphatic rings. The molecule has 140 valence electrons. The van der Waals surface area contributed by atoms with Crippen LogP contribution >= 0.6 is 23.1 Å². The highest BCUT2D eigenvalue weighted by Gasteiger charge is 2.16. The fraction of sp³-hybridized carbons (Fsp3) is 0.200. The number of aryl methyl sites for hydroxylation is 1. The zero-order valence-corrected chi connectivity index (χ0v) is 16.5. The van der Waals surface area contributed by atoms with Gasteiger partial charge in [-0.05, 0) is 43.7 Å². The zero-order chi connectivity index (χ0) is 19.4. The van der Waals surface area contributed by atoms with E-state index in [-0.39, 0.29) is 5.91 Å². The number of benzene rings is 2. The van der Waals surface area contributed by atoms with Crippen molar-refractivity contribution in [2.45, 2.75) is 30.5 Å². The molecule has 0 radical (unpaired) electrons. The maximum Gasteiger partial charge on any atom is 0.252 e. The number of hydrogen-bond acceptors (Lipinski definition) is 4. The summed E-state index contributed by atoms with van der Waals surface area (Å²) < 4.78 is 26.5. The Labute approximate surface area is 164 Å². The van der Waals surface area contributed by atoms with E-state index in [4.69, 9.17) is 0 Å². The summed E-state index contributed by atoms with van der Waals surface area (Å²) in [6.45, 7) is 3.69. The normalized spacial score (nSPS) is 12.0. The summed E-state index contributed by atoms with van der Waals surface area (Å²) in [4.78, 5) is 18.0. The van der Waals surface area contributed by atoms with Crippen LogP contribution in [0.1, 0.15) is 39.6 Å². The third-order valence-electron chi connectivity index (χ3n) is 3.97. The summed E-state index contributed by atoms with van der Waals surface area (Å²) >= 11 is 3.14. The first-order chi connectivity index (χ1) is 12.9. The number of thiazole rings is 1. The molecule has 27 heavy (non-hydrogen) atoms. The average Bonchev–Trinajstić information content (AvgIpc) is 3.07. The van der Waals surface area contributed by atoms with Gasteiger partial charge in [-0.15, -0.1) is 23.1 Å². The molecule has 0 bridgehead atoms. The molecule has 1 N–H and O–H groups in total. The SMILES string of the molecule is Cc1nc(CSc2ccccc2C(=O)NC(C)c2ccc(F)c(F)c2)cs1. The lowest BCUT2D eigenvalue weighted by Gasteiger charge is -2.16. The number of carbonyl (C=O) groups is 1. The van der Waals surface area contributed by atoms with E-state index >= 15 is 0 Å². The van der Waals surface area contributed by atoms with Crippen LogP contribution < -0.4 is 5.32 Å². The fourth-order valence-corrected chi connectivity index (χ4v) is 4.21.